The Labute approximate surface area is 174 Å². The molecule has 1 aliphatic rings. The van der Waals surface area contributed by atoms with Crippen molar-refractivity contribution in [2.24, 2.45) is 5.92 Å². The van der Waals surface area contributed by atoms with Crippen molar-refractivity contribution in [2.75, 3.05) is 13.1 Å². The molecule has 29 heavy (non-hydrogen) atoms. The van der Waals surface area contributed by atoms with Crippen molar-refractivity contribution in [2.45, 2.75) is 74.4 Å². The molecule has 2 heterocycles. The van der Waals surface area contributed by atoms with Crippen LogP contribution >= 0.6 is 0 Å². The van der Waals surface area contributed by atoms with Crippen LogP contribution in [0, 0.1) is 54.4 Å². The average Bonchev–Trinajstić information content (AvgIpc) is 3.01. The van der Waals surface area contributed by atoms with E-state index in [2.05, 4.69) is 50.0 Å². The number of hydrogen-bond acceptors (Lipinski definition) is 3. The van der Waals surface area contributed by atoms with Gasteiger partial charge in [-0.2, -0.15) is 5.10 Å². The number of likely N-dealkylation sites (tertiary alicyclic amines) is 1. The predicted octanol–water partition coefficient (Wildman–Crippen LogP) is 4.06. The van der Waals surface area contributed by atoms with Crippen LogP contribution in [0.25, 0.3) is 0 Å². The standard InChI is InChI=1S/C23H35N5O/c1-14-15(2)17(4)22(18(5)16(14)3)11-24-23(29)27-10-8-9-21(12-27)13-28-20(7)25-19(6)26-28/h21H,8-13H2,1-7H3,(H,24,29)/t21-/m1/s1. The summed E-state index contributed by atoms with van der Waals surface area (Å²) in [4.78, 5) is 19.2. The normalized spacial score (nSPS) is 16.9. The maximum atomic E-state index is 12.9. The highest BCUT2D eigenvalue weighted by Crippen LogP contribution is 2.26. The number of nitrogens with one attached hydrogen (secondary N) is 1. The first kappa shape index (κ1) is 21.3. The molecule has 0 radical (unpaired) electrons. The number of carbonyl (C=O) groups excluding carboxylic acids is 1. The van der Waals surface area contributed by atoms with E-state index in [1.165, 1.54) is 33.4 Å². The number of benzene rings is 1. The molecule has 1 atom stereocenters. The van der Waals surface area contributed by atoms with Gasteiger partial charge in [0.1, 0.15) is 11.6 Å². The molecule has 0 unspecified atom stereocenters. The molecule has 1 fully saturated rings. The zero-order valence-corrected chi connectivity index (χ0v) is 19.0. The molecule has 6 nitrogen and oxygen atoms in total. The summed E-state index contributed by atoms with van der Waals surface area (Å²) in [5.41, 5.74) is 7.84. The maximum Gasteiger partial charge on any atom is 0.317 e. The average molecular weight is 398 g/mol. The molecule has 2 aromatic rings. The minimum absolute atomic E-state index is 0.0378. The van der Waals surface area contributed by atoms with E-state index in [4.69, 9.17) is 0 Å². The number of urea groups is 1. The minimum Gasteiger partial charge on any atom is -0.334 e. The molecule has 1 aromatic heterocycles. The molecule has 0 aliphatic carbocycles. The van der Waals surface area contributed by atoms with Crippen molar-refractivity contribution in [1.82, 2.24) is 25.0 Å². The number of aromatic nitrogens is 3. The van der Waals surface area contributed by atoms with Gasteiger partial charge < -0.3 is 10.2 Å². The van der Waals surface area contributed by atoms with Gasteiger partial charge in [-0.3, -0.25) is 0 Å². The van der Waals surface area contributed by atoms with Crippen LogP contribution in [0.5, 0.6) is 0 Å². The SMILES string of the molecule is Cc1nc(C)n(C[C@@H]2CCCN(C(=O)NCc3c(C)c(C)c(C)c(C)c3C)C2)n1. The van der Waals surface area contributed by atoms with E-state index in [1.54, 1.807) is 0 Å². The molecule has 0 bridgehead atoms. The predicted molar refractivity (Wildman–Crippen MR) is 116 cm³/mol. The number of carbonyl (C=O) groups is 1. The van der Waals surface area contributed by atoms with Gasteiger partial charge in [0.25, 0.3) is 0 Å². The van der Waals surface area contributed by atoms with E-state index in [0.717, 1.165) is 44.1 Å². The van der Waals surface area contributed by atoms with Crippen LogP contribution in [-0.4, -0.2) is 38.8 Å². The smallest absolute Gasteiger partial charge is 0.317 e. The molecule has 1 N–H and O–H groups in total. The van der Waals surface area contributed by atoms with Crippen LogP contribution in [-0.2, 0) is 13.1 Å². The lowest BCUT2D eigenvalue weighted by Crippen LogP contribution is -2.46. The highest BCUT2D eigenvalue weighted by Gasteiger charge is 2.25. The number of aryl methyl sites for hydroxylation is 2. The second-order valence-electron chi connectivity index (χ2n) is 8.60. The first-order valence-electron chi connectivity index (χ1n) is 10.7. The Hall–Kier alpha value is -2.37. The largest absolute Gasteiger partial charge is 0.334 e. The fraction of sp³-hybridized carbons (Fsp3) is 0.609. The van der Waals surface area contributed by atoms with Crippen molar-refractivity contribution in [1.29, 1.82) is 0 Å². The topological polar surface area (TPSA) is 63.1 Å². The monoisotopic (exact) mass is 397 g/mol. The lowest BCUT2D eigenvalue weighted by Gasteiger charge is -2.33. The van der Waals surface area contributed by atoms with Gasteiger partial charge in [-0.25, -0.2) is 14.5 Å². The van der Waals surface area contributed by atoms with Crippen molar-refractivity contribution >= 4 is 6.03 Å². The molecule has 1 saturated heterocycles. The third kappa shape index (κ3) is 4.46. The molecular weight excluding hydrogens is 362 g/mol. The van der Waals surface area contributed by atoms with Crippen LogP contribution in [0.4, 0.5) is 4.79 Å². The summed E-state index contributed by atoms with van der Waals surface area (Å²) in [5, 5.41) is 7.66. The van der Waals surface area contributed by atoms with Crippen molar-refractivity contribution < 1.29 is 4.79 Å². The van der Waals surface area contributed by atoms with E-state index in [9.17, 15) is 4.79 Å². The van der Waals surface area contributed by atoms with Crippen LogP contribution in [0.2, 0.25) is 0 Å². The maximum absolute atomic E-state index is 12.9. The number of nitrogens with zero attached hydrogens (tertiary/aromatic N) is 4. The summed E-state index contributed by atoms with van der Waals surface area (Å²) >= 11 is 0. The van der Waals surface area contributed by atoms with E-state index in [-0.39, 0.29) is 6.03 Å². The van der Waals surface area contributed by atoms with Gasteiger partial charge in [0.05, 0.1) is 0 Å². The minimum atomic E-state index is 0.0378. The molecule has 1 aliphatic heterocycles. The van der Waals surface area contributed by atoms with Crippen molar-refractivity contribution in [3.05, 3.63) is 45.0 Å². The lowest BCUT2D eigenvalue weighted by molar-refractivity contribution is 0.157. The highest BCUT2D eigenvalue weighted by molar-refractivity contribution is 5.74. The second-order valence-corrected chi connectivity index (χ2v) is 8.60. The molecule has 0 saturated carbocycles. The van der Waals surface area contributed by atoms with Crippen LogP contribution in [0.3, 0.4) is 0 Å². The van der Waals surface area contributed by atoms with Crippen LogP contribution in [0.15, 0.2) is 0 Å². The summed E-state index contributed by atoms with van der Waals surface area (Å²) in [6.45, 7) is 17.8. The van der Waals surface area contributed by atoms with Crippen molar-refractivity contribution in [3.63, 3.8) is 0 Å². The van der Waals surface area contributed by atoms with Gasteiger partial charge in [-0.15, -0.1) is 0 Å². The Morgan fingerprint density at radius 1 is 1.00 bits per heavy atom. The van der Waals surface area contributed by atoms with Gasteiger partial charge in [0.2, 0.25) is 0 Å². The quantitative estimate of drug-likeness (QED) is 0.846. The Morgan fingerprint density at radius 3 is 2.21 bits per heavy atom. The summed E-state index contributed by atoms with van der Waals surface area (Å²) in [7, 11) is 0. The molecule has 158 valence electrons. The first-order chi connectivity index (χ1) is 13.7. The molecule has 6 heteroatoms. The zero-order chi connectivity index (χ0) is 21.3. The fourth-order valence-corrected chi connectivity index (χ4v) is 4.50. The van der Waals surface area contributed by atoms with E-state index in [0.29, 0.717) is 12.5 Å². The van der Waals surface area contributed by atoms with Gasteiger partial charge in [0.15, 0.2) is 0 Å². The first-order valence-corrected chi connectivity index (χ1v) is 10.7. The zero-order valence-electron chi connectivity index (χ0n) is 19.0. The Bertz CT molecular complexity index is 885. The number of amides is 2. The summed E-state index contributed by atoms with van der Waals surface area (Å²) < 4.78 is 1.98. The van der Waals surface area contributed by atoms with Gasteiger partial charge >= 0.3 is 6.03 Å². The van der Waals surface area contributed by atoms with Crippen molar-refractivity contribution in [3.8, 4) is 0 Å². The van der Waals surface area contributed by atoms with E-state index < -0.39 is 0 Å². The number of hydrogen-bond donors (Lipinski definition) is 1. The second kappa shape index (κ2) is 8.56. The third-order valence-corrected chi connectivity index (χ3v) is 6.77. The van der Waals surface area contributed by atoms with E-state index >= 15 is 0 Å². The van der Waals surface area contributed by atoms with Gasteiger partial charge in [0, 0.05) is 26.2 Å². The fourth-order valence-electron chi connectivity index (χ4n) is 4.50. The lowest BCUT2D eigenvalue weighted by atomic mass is 9.89. The highest BCUT2D eigenvalue weighted by atomic mass is 16.2. The third-order valence-electron chi connectivity index (χ3n) is 6.77. The molecule has 2 amide bonds. The van der Waals surface area contributed by atoms with Crippen LogP contribution in [0.1, 0.15) is 57.9 Å². The molecular formula is C23H35N5O. The van der Waals surface area contributed by atoms with Crippen LogP contribution < -0.4 is 5.32 Å². The molecule has 3 rings (SSSR count). The Morgan fingerprint density at radius 2 is 1.62 bits per heavy atom. The number of rotatable bonds is 4. The summed E-state index contributed by atoms with van der Waals surface area (Å²) in [6, 6.07) is 0.0378. The van der Waals surface area contributed by atoms with E-state index in [1.807, 2.05) is 23.4 Å². The summed E-state index contributed by atoms with van der Waals surface area (Å²) in [6.07, 6.45) is 2.16. The Balaban J connectivity index is 1.63. The molecule has 0 spiro atoms. The molecule has 1 aromatic carbocycles. The Kier molecular flexibility index (Phi) is 6.30. The number of piperidine rings is 1. The summed E-state index contributed by atoms with van der Waals surface area (Å²) in [5.74, 6) is 2.17. The van der Waals surface area contributed by atoms with Gasteiger partial charge in [-0.1, -0.05) is 0 Å². The van der Waals surface area contributed by atoms with Gasteiger partial charge in [-0.05, 0) is 101 Å².